The van der Waals surface area contributed by atoms with Gasteiger partial charge in [-0.1, -0.05) is 26.7 Å². The van der Waals surface area contributed by atoms with Gasteiger partial charge in [-0.15, -0.1) is 0 Å². The zero-order valence-corrected chi connectivity index (χ0v) is 12.5. The highest BCUT2D eigenvalue weighted by Gasteiger charge is 2.19. The van der Waals surface area contributed by atoms with E-state index < -0.39 is 0 Å². The van der Waals surface area contributed by atoms with Crippen molar-refractivity contribution < 1.29 is 0 Å². The molecule has 108 valence electrons. The van der Waals surface area contributed by atoms with Gasteiger partial charge in [-0.3, -0.25) is 0 Å². The molecule has 4 nitrogen and oxygen atoms in total. The van der Waals surface area contributed by atoms with Crippen LogP contribution in [-0.2, 0) is 19.4 Å². The summed E-state index contributed by atoms with van der Waals surface area (Å²) in [7, 11) is 0. The Morgan fingerprint density at radius 3 is 2.58 bits per heavy atom. The van der Waals surface area contributed by atoms with Gasteiger partial charge in [0.25, 0.3) is 0 Å². The molecule has 4 heteroatoms. The van der Waals surface area contributed by atoms with Crippen LogP contribution in [0.15, 0.2) is 0 Å². The molecule has 0 radical (unpaired) electrons. The molecule has 0 saturated heterocycles. The Kier molecular flexibility index (Phi) is 5.83. The zero-order valence-electron chi connectivity index (χ0n) is 12.5. The summed E-state index contributed by atoms with van der Waals surface area (Å²) >= 11 is 0. The van der Waals surface area contributed by atoms with Crippen molar-refractivity contribution in [2.45, 2.75) is 77.8 Å². The minimum absolute atomic E-state index is 0.856. The Labute approximate surface area is 117 Å². The van der Waals surface area contributed by atoms with Gasteiger partial charge in [0.1, 0.15) is 5.82 Å². The second-order valence-electron chi connectivity index (χ2n) is 5.52. The standard InChI is InChI=1S/C15H28N4/c1-3-14-17-15(4-2)19(18-14)12-8-6-5-7-11-16-13-9-10-13/h13,16H,3-12H2,1-2H3. The van der Waals surface area contributed by atoms with Crippen LogP contribution in [0, 0.1) is 0 Å². The van der Waals surface area contributed by atoms with E-state index in [1.807, 2.05) is 0 Å². The molecule has 0 atom stereocenters. The molecule has 1 aliphatic carbocycles. The van der Waals surface area contributed by atoms with Crippen molar-refractivity contribution in [1.29, 1.82) is 0 Å². The van der Waals surface area contributed by atoms with Gasteiger partial charge in [0, 0.05) is 25.4 Å². The smallest absolute Gasteiger partial charge is 0.150 e. The molecule has 0 aliphatic heterocycles. The van der Waals surface area contributed by atoms with E-state index >= 15 is 0 Å². The summed E-state index contributed by atoms with van der Waals surface area (Å²) in [6.07, 6.45) is 9.88. The molecule has 1 heterocycles. The SMILES string of the molecule is CCc1nc(CC)n(CCCCCCNC2CC2)n1. The Balaban J connectivity index is 1.57. The summed E-state index contributed by atoms with van der Waals surface area (Å²) in [5.41, 5.74) is 0. The summed E-state index contributed by atoms with van der Waals surface area (Å²) in [6.45, 7) is 6.51. The number of aryl methyl sites for hydroxylation is 3. The quantitative estimate of drug-likeness (QED) is 0.661. The van der Waals surface area contributed by atoms with Crippen LogP contribution in [0.3, 0.4) is 0 Å². The first kappa shape index (κ1) is 14.5. The zero-order chi connectivity index (χ0) is 13.5. The highest BCUT2D eigenvalue weighted by atomic mass is 15.3. The summed E-state index contributed by atoms with van der Waals surface area (Å²) in [6, 6.07) is 0.856. The first-order valence-corrected chi connectivity index (χ1v) is 7.99. The predicted octanol–water partition coefficient (Wildman–Crippen LogP) is 2.72. The molecule has 1 aromatic rings. The summed E-state index contributed by atoms with van der Waals surface area (Å²) in [5.74, 6) is 2.14. The molecule has 1 saturated carbocycles. The third-order valence-corrected chi connectivity index (χ3v) is 3.73. The lowest BCUT2D eigenvalue weighted by Gasteiger charge is -2.05. The van der Waals surface area contributed by atoms with E-state index in [-0.39, 0.29) is 0 Å². The summed E-state index contributed by atoms with van der Waals surface area (Å²) in [4.78, 5) is 4.54. The largest absolute Gasteiger partial charge is 0.314 e. The third kappa shape index (κ3) is 4.94. The maximum Gasteiger partial charge on any atom is 0.150 e. The Morgan fingerprint density at radius 2 is 1.89 bits per heavy atom. The maximum atomic E-state index is 4.56. The molecule has 1 fully saturated rings. The van der Waals surface area contributed by atoms with Gasteiger partial charge in [-0.25, -0.2) is 9.67 Å². The van der Waals surface area contributed by atoms with Crippen LogP contribution in [-0.4, -0.2) is 27.4 Å². The molecular formula is C15H28N4. The minimum Gasteiger partial charge on any atom is -0.314 e. The van der Waals surface area contributed by atoms with Crippen LogP contribution in [0.4, 0.5) is 0 Å². The summed E-state index contributed by atoms with van der Waals surface area (Å²) in [5, 5.41) is 8.12. The van der Waals surface area contributed by atoms with Crippen molar-refractivity contribution in [1.82, 2.24) is 20.1 Å². The lowest BCUT2D eigenvalue weighted by molar-refractivity contribution is 0.508. The van der Waals surface area contributed by atoms with Gasteiger partial charge in [0.2, 0.25) is 0 Å². The number of hydrogen-bond donors (Lipinski definition) is 1. The van der Waals surface area contributed by atoms with E-state index in [0.717, 1.165) is 37.1 Å². The van der Waals surface area contributed by atoms with Gasteiger partial charge < -0.3 is 5.32 Å². The van der Waals surface area contributed by atoms with E-state index in [1.165, 1.54) is 45.1 Å². The normalized spacial score (nSPS) is 15.1. The first-order valence-electron chi connectivity index (χ1n) is 7.99. The molecule has 0 amide bonds. The topological polar surface area (TPSA) is 42.7 Å². The maximum absolute atomic E-state index is 4.56. The summed E-state index contributed by atoms with van der Waals surface area (Å²) < 4.78 is 2.11. The van der Waals surface area contributed by atoms with Gasteiger partial charge in [-0.2, -0.15) is 5.10 Å². The highest BCUT2D eigenvalue weighted by Crippen LogP contribution is 2.18. The van der Waals surface area contributed by atoms with E-state index in [4.69, 9.17) is 0 Å². The van der Waals surface area contributed by atoms with Gasteiger partial charge in [0.05, 0.1) is 0 Å². The van der Waals surface area contributed by atoms with Gasteiger partial charge >= 0.3 is 0 Å². The van der Waals surface area contributed by atoms with E-state index in [0.29, 0.717) is 0 Å². The fourth-order valence-electron chi connectivity index (χ4n) is 2.35. The third-order valence-electron chi connectivity index (χ3n) is 3.73. The van der Waals surface area contributed by atoms with E-state index in [2.05, 4.69) is 33.9 Å². The lowest BCUT2D eigenvalue weighted by atomic mass is 10.2. The lowest BCUT2D eigenvalue weighted by Crippen LogP contribution is -2.17. The molecular weight excluding hydrogens is 236 g/mol. The average molecular weight is 264 g/mol. The number of unbranched alkanes of at least 4 members (excludes halogenated alkanes) is 3. The molecule has 2 rings (SSSR count). The van der Waals surface area contributed by atoms with Crippen molar-refractivity contribution in [2.75, 3.05) is 6.54 Å². The van der Waals surface area contributed by atoms with Crippen LogP contribution < -0.4 is 5.32 Å². The van der Waals surface area contributed by atoms with E-state index in [1.54, 1.807) is 0 Å². The predicted molar refractivity (Wildman–Crippen MR) is 78.3 cm³/mol. The van der Waals surface area contributed by atoms with Crippen LogP contribution in [0.2, 0.25) is 0 Å². The molecule has 19 heavy (non-hydrogen) atoms. The Bertz CT molecular complexity index is 368. The number of hydrogen-bond acceptors (Lipinski definition) is 3. The Hall–Kier alpha value is -0.900. The second kappa shape index (κ2) is 7.63. The van der Waals surface area contributed by atoms with Crippen molar-refractivity contribution in [3.63, 3.8) is 0 Å². The molecule has 0 bridgehead atoms. The van der Waals surface area contributed by atoms with Crippen LogP contribution in [0.5, 0.6) is 0 Å². The molecule has 0 unspecified atom stereocenters. The number of nitrogens with one attached hydrogen (secondary N) is 1. The van der Waals surface area contributed by atoms with Crippen LogP contribution in [0.25, 0.3) is 0 Å². The highest BCUT2D eigenvalue weighted by molar-refractivity contribution is 4.92. The van der Waals surface area contributed by atoms with Crippen LogP contribution in [0.1, 0.15) is 64.0 Å². The Morgan fingerprint density at radius 1 is 1.11 bits per heavy atom. The molecule has 1 N–H and O–H groups in total. The molecule has 0 spiro atoms. The van der Waals surface area contributed by atoms with Gasteiger partial charge in [0.15, 0.2) is 5.82 Å². The van der Waals surface area contributed by atoms with E-state index in [9.17, 15) is 0 Å². The number of nitrogens with zero attached hydrogens (tertiary/aromatic N) is 3. The second-order valence-corrected chi connectivity index (χ2v) is 5.52. The van der Waals surface area contributed by atoms with Crippen molar-refractivity contribution >= 4 is 0 Å². The molecule has 1 aliphatic rings. The van der Waals surface area contributed by atoms with Crippen LogP contribution >= 0.6 is 0 Å². The van der Waals surface area contributed by atoms with Crippen molar-refractivity contribution in [3.8, 4) is 0 Å². The van der Waals surface area contributed by atoms with Crippen molar-refractivity contribution in [2.24, 2.45) is 0 Å². The number of rotatable bonds is 10. The van der Waals surface area contributed by atoms with Gasteiger partial charge in [-0.05, 0) is 32.2 Å². The first-order chi connectivity index (χ1) is 9.33. The fraction of sp³-hybridized carbons (Fsp3) is 0.867. The monoisotopic (exact) mass is 264 g/mol. The fourth-order valence-corrected chi connectivity index (χ4v) is 2.35. The number of aromatic nitrogens is 3. The minimum atomic E-state index is 0.856. The van der Waals surface area contributed by atoms with Crippen molar-refractivity contribution in [3.05, 3.63) is 11.6 Å². The average Bonchev–Trinajstić information content (AvgIpc) is 3.16. The molecule has 0 aromatic carbocycles. The molecule has 1 aromatic heterocycles.